The van der Waals surface area contributed by atoms with Crippen molar-refractivity contribution in [1.29, 1.82) is 0 Å². The molecule has 6 rings (SSSR count). The summed E-state index contributed by atoms with van der Waals surface area (Å²) in [6.07, 6.45) is 5.65. The van der Waals surface area contributed by atoms with Gasteiger partial charge in [0, 0.05) is 46.2 Å². The van der Waals surface area contributed by atoms with Gasteiger partial charge in [-0.25, -0.2) is 0 Å². The third kappa shape index (κ3) is 4.20. The Kier molecular flexibility index (Phi) is 6.26. The molecule has 1 aliphatic carbocycles. The molecule has 188 valence electrons. The Bertz CT molecular complexity index is 1430. The summed E-state index contributed by atoms with van der Waals surface area (Å²) < 4.78 is 9.52. The number of amides is 1. The number of thiophene rings is 1. The number of benzene rings is 2. The topological polar surface area (TPSA) is 60.5 Å². The Morgan fingerprint density at radius 2 is 2.00 bits per heavy atom. The molecule has 2 fully saturated rings. The maximum atomic E-state index is 13.5. The number of hydrogen-bond acceptors (Lipinski definition) is 4. The fraction of sp³-hybridized carbons (Fsp3) is 0.433. The molecule has 1 atom stereocenters. The first kappa shape index (κ1) is 23.6. The van der Waals surface area contributed by atoms with Gasteiger partial charge in [0.05, 0.1) is 17.7 Å². The second-order valence-corrected chi connectivity index (χ2v) is 11.7. The van der Waals surface area contributed by atoms with E-state index in [-0.39, 0.29) is 5.91 Å². The molecule has 5 nitrogen and oxygen atoms in total. The first-order valence-electron chi connectivity index (χ1n) is 13.3. The van der Waals surface area contributed by atoms with Crippen LogP contribution in [0.4, 0.5) is 0 Å². The number of carbonyl (C=O) groups excluding carboxylic acids is 1. The van der Waals surface area contributed by atoms with Gasteiger partial charge in [-0.05, 0) is 80.3 Å². The first-order chi connectivity index (χ1) is 17.6. The summed E-state index contributed by atoms with van der Waals surface area (Å²) in [6.45, 7) is 5.51. The molecule has 0 bridgehead atoms. The Balaban J connectivity index is 1.51. The van der Waals surface area contributed by atoms with Gasteiger partial charge in [-0.3, -0.25) is 4.79 Å². The average Bonchev–Trinajstić information content (AvgIpc) is 3.54. The molecule has 0 spiro atoms. The van der Waals surface area contributed by atoms with Crippen LogP contribution in [0.25, 0.3) is 31.6 Å². The van der Waals surface area contributed by atoms with Crippen LogP contribution in [0.1, 0.15) is 48.5 Å². The summed E-state index contributed by atoms with van der Waals surface area (Å²) in [5.41, 5.74) is 10.6. The molecule has 1 amide bonds. The van der Waals surface area contributed by atoms with Crippen molar-refractivity contribution in [2.75, 3.05) is 26.7 Å². The summed E-state index contributed by atoms with van der Waals surface area (Å²) in [4.78, 5) is 16.8. The van der Waals surface area contributed by atoms with Crippen LogP contribution in [0.5, 0.6) is 5.75 Å². The zero-order valence-electron chi connectivity index (χ0n) is 21.3. The van der Waals surface area contributed by atoms with Gasteiger partial charge < -0.3 is 19.9 Å². The number of para-hydroxylation sites is 1. The highest BCUT2D eigenvalue weighted by Crippen LogP contribution is 2.46. The Hall–Kier alpha value is -2.83. The number of carbonyl (C=O) groups is 1. The number of hydrogen-bond donors (Lipinski definition) is 1. The molecule has 0 unspecified atom stereocenters. The van der Waals surface area contributed by atoms with Gasteiger partial charge in [-0.2, -0.15) is 0 Å². The van der Waals surface area contributed by atoms with E-state index in [9.17, 15) is 4.79 Å². The lowest BCUT2D eigenvalue weighted by molar-refractivity contribution is 0.0683. The lowest BCUT2D eigenvalue weighted by Gasteiger charge is -2.31. The predicted octanol–water partition coefficient (Wildman–Crippen LogP) is 6.31. The maximum absolute atomic E-state index is 13.5. The van der Waals surface area contributed by atoms with Crippen LogP contribution in [-0.2, 0) is 13.0 Å². The first-order valence-corrected chi connectivity index (χ1v) is 14.1. The van der Waals surface area contributed by atoms with E-state index in [1.54, 1.807) is 18.4 Å². The fourth-order valence-corrected chi connectivity index (χ4v) is 7.17. The number of ether oxygens (including phenoxy) is 1. The zero-order chi connectivity index (χ0) is 24.8. The van der Waals surface area contributed by atoms with E-state index >= 15 is 0 Å². The minimum absolute atomic E-state index is 0.111. The lowest BCUT2D eigenvalue weighted by atomic mass is 9.99. The van der Waals surface area contributed by atoms with Crippen molar-refractivity contribution >= 4 is 38.2 Å². The van der Waals surface area contributed by atoms with Crippen LogP contribution in [0.15, 0.2) is 42.5 Å². The minimum Gasteiger partial charge on any atom is -0.496 e. The summed E-state index contributed by atoms with van der Waals surface area (Å²) in [5.74, 6) is 2.19. The molecule has 2 aromatic heterocycles. The smallest absolute Gasteiger partial charge is 0.254 e. The summed E-state index contributed by atoms with van der Waals surface area (Å²) in [7, 11) is 1.71. The normalized spacial score (nSPS) is 18.3. The number of fused-ring (bicyclic) bond motifs is 2. The van der Waals surface area contributed by atoms with Crippen molar-refractivity contribution in [3.63, 3.8) is 0 Å². The predicted molar refractivity (Wildman–Crippen MR) is 149 cm³/mol. The second-order valence-electron chi connectivity index (χ2n) is 10.6. The molecule has 0 radical (unpaired) electrons. The number of methoxy groups -OCH3 is 1. The summed E-state index contributed by atoms with van der Waals surface area (Å²) in [5, 5.41) is 2.38. The largest absolute Gasteiger partial charge is 0.496 e. The number of likely N-dealkylation sites (tertiary alicyclic amines) is 1. The number of nitrogens with zero attached hydrogens (tertiary/aromatic N) is 2. The quantitative estimate of drug-likeness (QED) is 0.323. The fourth-order valence-electron chi connectivity index (χ4n) is 5.84. The molecule has 6 heteroatoms. The number of aromatic nitrogens is 1. The molecule has 4 aromatic rings. The third-order valence-electron chi connectivity index (χ3n) is 7.84. The molecular formula is C30H35N3O2S. The second kappa shape index (κ2) is 9.56. The highest BCUT2D eigenvalue weighted by molar-refractivity contribution is 7.22. The van der Waals surface area contributed by atoms with Crippen molar-refractivity contribution in [3.05, 3.63) is 53.6 Å². The van der Waals surface area contributed by atoms with Crippen molar-refractivity contribution in [2.45, 2.75) is 45.6 Å². The van der Waals surface area contributed by atoms with Crippen LogP contribution in [-0.4, -0.2) is 42.1 Å². The maximum Gasteiger partial charge on any atom is 0.254 e. The van der Waals surface area contributed by atoms with Gasteiger partial charge in [0.1, 0.15) is 5.75 Å². The highest BCUT2D eigenvalue weighted by Gasteiger charge is 2.28. The Labute approximate surface area is 216 Å². The molecule has 2 aromatic carbocycles. The minimum atomic E-state index is 0.111. The standard InChI is InChI=1S/C30H35N3O2S/c1-19-6-5-13-32(17-19)30(34)22-15-26(35-2)28-23(11-12-31)29(36-27(28)16-22)25-14-21-7-3-4-8-24(21)33(25)18-20-9-10-20/h3-4,7-8,14-16,19-20H,5-6,9-13,17-18,31H2,1-2H3/t19-/m1/s1. The van der Waals surface area contributed by atoms with E-state index in [4.69, 9.17) is 10.5 Å². The van der Waals surface area contributed by atoms with Gasteiger partial charge in [0.15, 0.2) is 0 Å². The van der Waals surface area contributed by atoms with Crippen molar-refractivity contribution in [3.8, 4) is 16.3 Å². The van der Waals surface area contributed by atoms with Gasteiger partial charge in [-0.1, -0.05) is 25.1 Å². The molecule has 2 N–H and O–H groups in total. The molecule has 2 aliphatic rings. The van der Waals surface area contributed by atoms with Crippen molar-refractivity contribution < 1.29 is 9.53 Å². The van der Waals surface area contributed by atoms with Gasteiger partial charge in [0.2, 0.25) is 0 Å². The Morgan fingerprint density at radius 3 is 2.75 bits per heavy atom. The van der Waals surface area contributed by atoms with E-state index in [2.05, 4.69) is 47.9 Å². The molecule has 1 aliphatic heterocycles. The van der Waals surface area contributed by atoms with Crippen LogP contribution in [0, 0.1) is 11.8 Å². The number of rotatable bonds is 7. The molecule has 1 saturated heterocycles. The van der Waals surface area contributed by atoms with E-state index in [1.807, 2.05) is 11.0 Å². The van der Waals surface area contributed by atoms with Crippen LogP contribution in [0.2, 0.25) is 0 Å². The Morgan fingerprint density at radius 1 is 1.17 bits per heavy atom. The van der Waals surface area contributed by atoms with Gasteiger partial charge in [-0.15, -0.1) is 11.3 Å². The molecule has 36 heavy (non-hydrogen) atoms. The average molecular weight is 502 g/mol. The van der Waals surface area contributed by atoms with E-state index < -0.39 is 0 Å². The number of piperidine rings is 1. The SMILES string of the molecule is COc1cc(C(=O)N2CCC[C@@H](C)C2)cc2sc(-c3cc4ccccc4n3CC3CC3)c(CCN)c12. The van der Waals surface area contributed by atoms with Crippen LogP contribution in [0.3, 0.4) is 0 Å². The molecule has 1 saturated carbocycles. The van der Waals surface area contributed by atoms with Gasteiger partial charge >= 0.3 is 0 Å². The third-order valence-corrected chi connectivity index (χ3v) is 9.04. The monoisotopic (exact) mass is 501 g/mol. The van der Waals surface area contributed by atoms with Crippen LogP contribution >= 0.6 is 11.3 Å². The van der Waals surface area contributed by atoms with Gasteiger partial charge in [0.25, 0.3) is 5.91 Å². The lowest BCUT2D eigenvalue weighted by Crippen LogP contribution is -2.39. The van der Waals surface area contributed by atoms with E-state index in [0.29, 0.717) is 12.5 Å². The highest BCUT2D eigenvalue weighted by atomic mass is 32.1. The van der Waals surface area contributed by atoms with Crippen LogP contribution < -0.4 is 10.5 Å². The van der Waals surface area contributed by atoms with E-state index in [1.165, 1.54) is 46.3 Å². The van der Waals surface area contributed by atoms with E-state index in [0.717, 1.165) is 59.8 Å². The summed E-state index contributed by atoms with van der Waals surface area (Å²) >= 11 is 1.78. The molecule has 3 heterocycles. The number of nitrogens with two attached hydrogens (primary N) is 1. The molecular weight excluding hydrogens is 466 g/mol. The van der Waals surface area contributed by atoms with Crippen molar-refractivity contribution in [2.24, 2.45) is 17.6 Å². The summed E-state index contributed by atoms with van der Waals surface area (Å²) in [6, 6.07) is 15.0. The van der Waals surface area contributed by atoms with Crippen molar-refractivity contribution in [1.82, 2.24) is 9.47 Å². The zero-order valence-corrected chi connectivity index (χ0v) is 22.1.